The van der Waals surface area contributed by atoms with Crippen molar-refractivity contribution >= 4 is 38.9 Å². The molecule has 1 aromatic heterocycles. The number of aliphatic hydroxyl groups excluding tert-OH is 1. The fraction of sp³-hybridized carbons (Fsp3) is 0.600. The Kier molecular flexibility index (Phi) is 6.87. The first-order valence-electron chi connectivity index (χ1n) is 4.94. The molecule has 0 saturated heterocycles. The van der Waals surface area contributed by atoms with Crippen molar-refractivity contribution in [2.75, 3.05) is 20.3 Å². The summed E-state index contributed by atoms with van der Waals surface area (Å²) in [5.74, 6) is 0. The number of hydrogen-bond acceptors (Lipinski definition) is 4. The summed E-state index contributed by atoms with van der Waals surface area (Å²) in [5.41, 5.74) is 0. The van der Waals surface area contributed by atoms with Gasteiger partial charge in [-0.3, -0.25) is 0 Å². The Hall–Kier alpha value is 0.350. The average Bonchev–Trinajstić information content (AvgIpc) is 2.56. The third-order valence-corrected chi connectivity index (χ3v) is 4.58. The molecular formula is C10H15BrClNO2S. The van der Waals surface area contributed by atoms with Gasteiger partial charge in [-0.1, -0.05) is 11.6 Å². The summed E-state index contributed by atoms with van der Waals surface area (Å²) in [6, 6.07) is 2.18. The standard InChI is InChI=1S/C10H15BrClNO2S/c1-15-6-7(2-3-14)13-5-8-4-9(11)10(12)16-8/h4,7,13-14H,2-3,5-6H2,1H3. The second-order valence-corrected chi connectivity index (χ2v) is 5.97. The van der Waals surface area contributed by atoms with Crippen molar-refractivity contribution in [1.29, 1.82) is 0 Å². The van der Waals surface area contributed by atoms with E-state index in [0.29, 0.717) is 13.0 Å². The van der Waals surface area contributed by atoms with Crippen LogP contribution in [0.1, 0.15) is 11.3 Å². The lowest BCUT2D eigenvalue weighted by Crippen LogP contribution is -2.33. The first-order valence-corrected chi connectivity index (χ1v) is 6.93. The van der Waals surface area contributed by atoms with Gasteiger partial charge in [0.15, 0.2) is 0 Å². The molecule has 92 valence electrons. The summed E-state index contributed by atoms with van der Waals surface area (Å²) in [5, 5.41) is 12.2. The van der Waals surface area contributed by atoms with Gasteiger partial charge in [0.2, 0.25) is 0 Å². The van der Waals surface area contributed by atoms with Crippen molar-refractivity contribution in [1.82, 2.24) is 5.32 Å². The van der Waals surface area contributed by atoms with Crippen molar-refractivity contribution in [2.45, 2.75) is 19.0 Å². The molecule has 0 aliphatic carbocycles. The molecule has 0 fully saturated rings. The van der Waals surface area contributed by atoms with Crippen LogP contribution in [0.25, 0.3) is 0 Å². The zero-order valence-electron chi connectivity index (χ0n) is 9.00. The quantitative estimate of drug-likeness (QED) is 0.808. The molecule has 1 unspecified atom stereocenters. The molecule has 0 aliphatic rings. The van der Waals surface area contributed by atoms with E-state index in [1.165, 1.54) is 0 Å². The van der Waals surface area contributed by atoms with Gasteiger partial charge in [0.05, 0.1) is 6.61 Å². The van der Waals surface area contributed by atoms with E-state index < -0.39 is 0 Å². The number of methoxy groups -OCH3 is 1. The number of thiophene rings is 1. The molecule has 1 aromatic rings. The molecule has 0 saturated carbocycles. The molecule has 0 amide bonds. The molecule has 1 heterocycles. The van der Waals surface area contributed by atoms with Crippen LogP contribution in [0, 0.1) is 0 Å². The summed E-state index contributed by atoms with van der Waals surface area (Å²) < 4.78 is 6.77. The zero-order valence-corrected chi connectivity index (χ0v) is 12.2. The maximum absolute atomic E-state index is 8.89. The van der Waals surface area contributed by atoms with E-state index in [-0.39, 0.29) is 12.6 Å². The first kappa shape index (κ1) is 14.4. The summed E-state index contributed by atoms with van der Waals surface area (Å²) in [6.45, 7) is 1.50. The van der Waals surface area contributed by atoms with Gasteiger partial charge in [0.25, 0.3) is 0 Å². The Morgan fingerprint density at radius 3 is 2.94 bits per heavy atom. The molecular weight excluding hydrogens is 314 g/mol. The zero-order chi connectivity index (χ0) is 12.0. The van der Waals surface area contributed by atoms with E-state index in [1.54, 1.807) is 18.4 Å². The number of rotatable bonds is 7. The fourth-order valence-electron chi connectivity index (χ4n) is 1.32. The van der Waals surface area contributed by atoms with Gasteiger partial charge >= 0.3 is 0 Å². The second-order valence-electron chi connectivity index (χ2n) is 3.38. The summed E-state index contributed by atoms with van der Waals surface area (Å²) in [6.07, 6.45) is 0.689. The van der Waals surface area contributed by atoms with Gasteiger partial charge in [-0.15, -0.1) is 11.3 Å². The number of hydrogen-bond donors (Lipinski definition) is 2. The minimum atomic E-state index is 0.163. The molecule has 0 bridgehead atoms. The lowest BCUT2D eigenvalue weighted by atomic mass is 10.2. The van der Waals surface area contributed by atoms with Crippen LogP contribution in [0.3, 0.4) is 0 Å². The smallest absolute Gasteiger partial charge is 0.107 e. The molecule has 16 heavy (non-hydrogen) atoms. The van der Waals surface area contributed by atoms with Crippen LogP contribution < -0.4 is 5.32 Å². The first-order chi connectivity index (χ1) is 7.67. The Morgan fingerprint density at radius 1 is 1.69 bits per heavy atom. The van der Waals surface area contributed by atoms with Crippen LogP contribution in [0.2, 0.25) is 4.34 Å². The van der Waals surface area contributed by atoms with Gasteiger partial charge < -0.3 is 15.2 Å². The SMILES string of the molecule is COCC(CCO)NCc1cc(Br)c(Cl)s1. The van der Waals surface area contributed by atoms with Crippen LogP contribution in [0.15, 0.2) is 10.5 Å². The second kappa shape index (κ2) is 7.63. The summed E-state index contributed by atoms with van der Waals surface area (Å²) >= 11 is 10.9. The maximum atomic E-state index is 8.89. The monoisotopic (exact) mass is 327 g/mol. The van der Waals surface area contributed by atoms with Crippen molar-refractivity contribution in [2.24, 2.45) is 0 Å². The number of aliphatic hydroxyl groups is 1. The molecule has 0 aromatic carbocycles. The lowest BCUT2D eigenvalue weighted by molar-refractivity contribution is 0.148. The highest BCUT2D eigenvalue weighted by atomic mass is 79.9. The molecule has 0 spiro atoms. The third kappa shape index (κ3) is 4.69. The predicted molar refractivity (Wildman–Crippen MR) is 71.2 cm³/mol. The van der Waals surface area contributed by atoms with E-state index in [1.807, 2.05) is 6.07 Å². The van der Waals surface area contributed by atoms with Crippen molar-refractivity contribution in [3.63, 3.8) is 0 Å². The van der Waals surface area contributed by atoms with Crippen LogP contribution in [-0.2, 0) is 11.3 Å². The molecule has 1 rings (SSSR count). The predicted octanol–water partition coefficient (Wildman–Crippen LogP) is 2.65. The molecule has 1 atom stereocenters. The van der Waals surface area contributed by atoms with Crippen LogP contribution in [0.5, 0.6) is 0 Å². The van der Waals surface area contributed by atoms with Crippen LogP contribution in [-0.4, -0.2) is 31.5 Å². The van der Waals surface area contributed by atoms with E-state index in [2.05, 4.69) is 21.2 Å². The number of ether oxygens (including phenoxy) is 1. The molecule has 2 N–H and O–H groups in total. The average molecular weight is 329 g/mol. The van der Waals surface area contributed by atoms with Gasteiger partial charge in [0.1, 0.15) is 4.34 Å². The maximum Gasteiger partial charge on any atom is 0.107 e. The van der Waals surface area contributed by atoms with Crippen LogP contribution in [0.4, 0.5) is 0 Å². The van der Waals surface area contributed by atoms with Gasteiger partial charge in [0, 0.05) is 35.7 Å². The van der Waals surface area contributed by atoms with E-state index >= 15 is 0 Å². The number of nitrogens with one attached hydrogen (secondary N) is 1. The normalized spacial score (nSPS) is 13.0. The van der Waals surface area contributed by atoms with Crippen LogP contribution >= 0.6 is 38.9 Å². The van der Waals surface area contributed by atoms with Gasteiger partial charge in [-0.2, -0.15) is 0 Å². The van der Waals surface area contributed by atoms with Crippen molar-refractivity contribution < 1.29 is 9.84 Å². The summed E-state index contributed by atoms with van der Waals surface area (Å²) in [4.78, 5) is 1.16. The van der Waals surface area contributed by atoms with E-state index in [4.69, 9.17) is 21.4 Å². The largest absolute Gasteiger partial charge is 0.396 e. The fourth-order valence-corrected chi connectivity index (χ4v) is 3.07. The van der Waals surface area contributed by atoms with Crippen molar-refractivity contribution in [3.05, 3.63) is 19.8 Å². The minimum Gasteiger partial charge on any atom is -0.396 e. The highest BCUT2D eigenvalue weighted by Gasteiger charge is 2.09. The lowest BCUT2D eigenvalue weighted by Gasteiger charge is -2.15. The highest BCUT2D eigenvalue weighted by molar-refractivity contribution is 9.10. The minimum absolute atomic E-state index is 0.163. The van der Waals surface area contributed by atoms with Crippen molar-refractivity contribution in [3.8, 4) is 0 Å². The number of halogens is 2. The summed E-state index contributed by atoms with van der Waals surface area (Å²) in [7, 11) is 1.66. The Labute approximate surface area is 113 Å². The Balaban J connectivity index is 2.41. The molecule has 6 heteroatoms. The Morgan fingerprint density at radius 2 is 2.44 bits per heavy atom. The highest BCUT2D eigenvalue weighted by Crippen LogP contribution is 2.31. The van der Waals surface area contributed by atoms with Gasteiger partial charge in [-0.05, 0) is 28.4 Å². The molecule has 0 aliphatic heterocycles. The third-order valence-electron chi connectivity index (χ3n) is 2.11. The Bertz CT molecular complexity index is 296. The van der Waals surface area contributed by atoms with Gasteiger partial charge in [-0.25, -0.2) is 0 Å². The van der Waals surface area contributed by atoms with E-state index in [9.17, 15) is 0 Å². The topological polar surface area (TPSA) is 41.5 Å². The molecule has 3 nitrogen and oxygen atoms in total. The molecule has 0 radical (unpaired) electrons. The van der Waals surface area contributed by atoms with E-state index in [0.717, 1.165) is 20.2 Å².